The maximum absolute atomic E-state index is 2.49. The third-order valence-corrected chi connectivity index (χ3v) is 14.7. The summed E-state index contributed by atoms with van der Waals surface area (Å²) in [5, 5.41) is 0. The summed E-state index contributed by atoms with van der Waals surface area (Å²) in [6.45, 7) is 4.72. The average molecular weight is 828 g/mol. The van der Waals surface area contributed by atoms with Crippen LogP contribution in [-0.2, 0) is 10.8 Å². The van der Waals surface area contributed by atoms with E-state index in [-0.39, 0.29) is 5.41 Å². The highest BCUT2D eigenvalue weighted by Crippen LogP contribution is 2.62. The van der Waals surface area contributed by atoms with Crippen LogP contribution in [0.15, 0.2) is 237 Å². The third-order valence-electron chi connectivity index (χ3n) is 14.7. The first-order chi connectivity index (χ1) is 32.0. The molecule has 0 aromatic heterocycles. The Kier molecular flexibility index (Phi) is 8.24. The highest BCUT2D eigenvalue weighted by atomic mass is 15.1. The van der Waals surface area contributed by atoms with Crippen LogP contribution in [0.4, 0.5) is 17.1 Å². The van der Waals surface area contributed by atoms with E-state index in [0.29, 0.717) is 0 Å². The van der Waals surface area contributed by atoms with Crippen molar-refractivity contribution < 1.29 is 0 Å². The summed E-state index contributed by atoms with van der Waals surface area (Å²) in [7, 11) is 0. The molecule has 0 aliphatic heterocycles. The maximum Gasteiger partial charge on any atom is 0.0725 e. The smallest absolute Gasteiger partial charge is 0.0725 e. The normalized spacial score (nSPS) is 13.9. The van der Waals surface area contributed by atoms with Gasteiger partial charge in [-0.25, -0.2) is 0 Å². The van der Waals surface area contributed by atoms with Crippen LogP contribution in [0.3, 0.4) is 0 Å². The molecule has 0 saturated carbocycles. The molecule has 1 spiro atoms. The van der Waals surface area contributed by atoms with Gasteiger partial charge >= 0.3 is 0 Å². The van der Waals surface area contributed by atoms with Gasteiger partial charge in [0, 0.05) is 22.5 Å². The Balaban J connectivity index is 0.961. The largest absolute Gasteiger partial charge is 0.310 e. The molecule has 0 heterocycles. The van der Waals surface area contributed by atoms with E-state index in [4.69, 9.17) is 0 Å². The van der Waals surface area contributed by atoms with Gasteiger partial charge in [0.25, 0.3) is 0 Å². The molecular formula is C64H45N. The second-order valence-corrected chi connectivity index (χ2v) is 18.4. The van der Waals surface area contributed by atoms with Gasteiger partial charge in [0.05, 0.1) is 5.41 Å². The lowest BCUT2D eigenvalue weighted by Gasteiger charge is -2.35. The molecule has 0 atom stereocenters. The number of nitrogens with zero attached hydrogens (tertiary/aromatic N) is 1. The minimum Gasteiger partial charge on any atom is -0.310 e. The average Bonchev–Trinajstić information content (AvgIpc) is 3.75. The molecule has 0 fully saturated rings. The molecule has 0 unspecified atom stereocenters. The van der Waals surface area contributed by atoms with E-state index >= 15 is 0 Å². The van der Waals surface area contributed by atoms with Crippen molar-refractivity contribution in [2.75, 3.05) is 4.90 Å². The van der Waals surface area contributed by atoms with E-state index in [2.05, 4.69) is 255 Å². The highest BCUT2D eigenvalue weighted by Gasteiger charge is 2.49. The zero-order valence-corrected chi connectivity index (χ0v) is 36.5. The number of hydrogen-bond donors (Lipinski definition) is 0. The molecule has 3 aliphatic rings. The Morgan fingerprint density at radius 2 is 0.600 bits per heavy atom. The minimum absolute atomic E-state index is 0.111. The number of hydrogen-bond acceptors (Lipinski definition) is 1. The van der Waals surface area contributed by atoms with E-state index in [1.54, 1.807) is 0 Å². The summed E-state index contributed by atoms with van der Waals surface area (Å²) in [5.41, 5.74) is 26.0. The van der Waals surface area contributed by atoms with Crippen LogP contribution in [0.25, 0.3) is 66.8 Å². The first-order valence-electron chi connectivity index (χ1n) is 22.8. The maximum atomic E-state index is 2.49. The van der Waals surface area contributed by atoms with Crippen molar-refractivity contribution in [2.45, 2.75) is 24.7 Å². The van der Waals surface area contributed by atoms with Gasteiger partial charge in [-0.05, 0) is 143 Å². The summed E-state index contributed by atoms with van der Waals surface area (Å²) in [4.78, 5) is 2.42. The van der Waals surface area contributed by atoms with Crippen molar-refractivity contribution in [2.24, 2.45) is 0 Å². The quantitative estimate of drug-likeness (QED) is 0.167. The fourth-order valence-electron chi connectivity index (χ4n) is 11.7. The van der Waals surface area contributed by atoms with Gasteiger partial charge in [0.1, 0.15) is 0 Å². The minimum atomic E-state index is -0.516. The second kappa shape index (κ2) is 14.3. The predicted octanol–water partition coefficient (Wildman–Crippen LogP) is 16.8. The van der Waals surface area contributed by atoms with Crippen LogP contribution in [-0.4, -0.2) is 0 Å². The number of anilines is 3. The number of rotatable bonds is 5. The Bertz CT molecular complexity index is 3430. The zero-order chi connectivity index (χ0) is 43.3. The van der Waals surface area contributed by atoms with Gasteiger partial charge in [0.2, 0.25) is 0 Å². The van der Waals surface area contributed by atoms with Crippen molar-refractivity contribution in [1.29, 1.82) is 0 Å². The van der Waals surface area contributed by atoms with E-state index in [9.17, 15) is 0 Å². The molecular weight excluding hydrogens is 783 g/mol. The molecule has 306 valence electrons. The van der Waals surface area contributed by atoms with Crippen LogP contribution in [0.5, 0.6) is 0 Å². The lowest BCUT2D eigenvalue weighted by molar-refractivity contribution is 0.660. The fraction of sp³-hybridized carbons (Fsp3) is 0.0625. The second-order valence-electron chi connectivity index (χ2n) is 18.4. The monoisotopic (exact) mass is 827 g/mol. The van der Waals surface area contributed by atoms with E-state index < -0.39 is 5.41 Å². The molecule has 0 amide bonds. The van der Waals surface area contributed by atoms with Crippen LogP contribution in [0.2, 0.25) is 0 Å². The van der Waals surface area contributed by atoms with Gasteiger partial charge in [-0.15, -0.1) is 0 Å². The molecule has 0 N–H and O–H groups in total. The van der Waals surface area contributed by atoms with Crippen molar-refractivity contribution in [1.82, 2.24) is 0 Å². The number of fused-ring (bicyclic) bond motifs is 15. The first kappa shape index (κ1) is 37.5. The van der Waals surface area contributed by atoms with Crippen LogP contribution < -0.4 is 4.90 Å². The Labute approximate surface area is 381 Å². The van der Waals surface area contributed by atoms with Crippen molar-refractivity contribution >= 4 is 17.1 Å². The van der Waals surface area contributed by atoms with Crippen molar-refractivity contribution in [3.05, 3.63) is 270 Å². The SMILES string of the molecule is CC1(C)c2ccccc2-c2ccc(N(c3ccc(-c4ccccc4)cc3)c3ccc(-c4ccc5c(c4)C4(c6ccccc6-c6ccccc6-c6ccccc64)c4ccccc4-5)cc3)cc21. The van der Waals surface area contributed by atoms with Crippen LogP contribution >= 0.6 is 0 Å². The van der Waals surface area contributed by atoms with Gasteiger partial charge in [-0.1, -0.05) is 208 Å². The predicted molar refractivity (Wildman–Crippen MR) is 271 cm³/mol. The summed E-state index contributed by atoms with van der Waals surface area (Å²) < 4.78 is 0. The summed E-state index contributed by atoms with van der Waals surface area (Å²) in [6, 6.07) is 88.4. The molecule has 3 aliphatic carbocycles. The van der Waals surface area contributed by atoms with Gasteiger partial charge in [0.15, 0.2) is 0 Å². The molecule has 0 saturated heterocycles. The highest BCUT2D eigenvalue weighted by molar-refractivity contribution is 5.98. The molecule has 1 nitrogen and oxygen atoms in total. The summed E-state index contributed by atoms with van der Waals surface area (Å²) >= 11 is 0. The lowest BCUT2D eigenvalue weighted by Crippen LogP contribution is -2.29. The Hall–Kier alpha value is -8.00. The molecule has 10 aromatic rings. The van der Waals surface area contributed by atoms with E-state index in [1.165, 1.54) is 100 Å². The van der Waals surface area contributed by atoms with Crippen molar-refractivity contribution in [3.63, 3.8) is 0 Å². The van der Waals surface area contributed by atoms with E-state index in [1.807, 2.05) is 0 Å². The summed E-state index contributed by atoms with van der Waals surface area (Å²) in [5.74, 6) is 0. The van der Waals surface area contributed by atoms with Gasteiger partial charge < -0.3 is 4.90 Å². The van der Waals surface area contributed by atoms with E-state index in [0.717, 1.165) is 17.1 Å². The lowest BCUT2D eigenvalue weighted by atomic mass is 9.65. The Morgan fingerprint density at radius 3 is 1.15 bits per heavy atom. The number of benzene rings is 10. The van der Waals surface area contributed by atoms with Crippen LogP contribution in [0, 0.1) is 0 Å². The van der Waals surface area contributed by atoms with Gasteiger partial charge in [-0.2, -0.15) is 0 Å². The third kappa shape index (κ3) is 5.46. The topological polar surface area (TPSA) is 3.24 Å². The van der Waals surface area contributed by atoms with Crippen molar-refractivity contribution in [3.8, 4) is 66.8 Å². The van der Waals surface area contributed by atoms with Gasteiger partial charge in [-0.3, -0.25) is 0 Å². The standard InChI is InChI=1S/C64H45N/c1-63(2)57-24-12-8-22-53(57)55-39-37-48(41-61(55)63)65(46-33-28-43(29-34-46)42-16-4-3-5-17-42)47-35-30-44(31-36-47)45-32-38-56-54-23-11-15-27-60(54)64(62(56)40-45)58-25-13-9-20-51(58)49-18-6-7-19-50(49)52-21-10-14-26-59(52)64/h3-41H,1-2H3. The zero-order valence-electron chi connectivity index (χ0n) is 36.5. The molecule has 10 aromatic carbocycles. The Morgan fingerprint density at radius 1 is 0.246 bits per heavy atom. The molecule has 0 bridgehead atoms. The fourth-order valence-corrected chi connectivity index (χ4v) is 11.7. The molecule has 13 rings (SSSR count). The first-order valence-corrected chi connectivity index (χ1v) is 22.8. The molecule has 1 heteroatoms. The van der Waals surface area contributed by atoms with Crippen LogP contribution in [0.1, 0.15) is 47.2 Å². The molecule has 65 heavy (non-hydrogen) atoms. The molecule has 0 radical (unpaired) electrons. The summed E-state index contributed by atoms with van der Waals surface area (Å²) in [6.07, 6.45) is 0.